The van der Waals surface area contributed by atoms with Crippen LogP contribution in [0.15, 0.2) is 18.2 Å². The number of hydrogen-bond donors (Lipinski definition) is 2. The molecule has 0 aliphatic carbocycles. The zero-order chi connectivity index (χ0) is 13.3. The molecule has 0 radical (unpaired) electrons. The van der Waals surface area contributed by atoms with Crippen LogP contribution in [0.25, 0.3) is 0 Å². The minimum Gasteiger partial charge on any atom is -0.477 e. The van der Waals surface area contributed by atoms with Crippen molar-refractivity contribution in [3.8, 4) is 0 Å². The molecule has 0 bridgehead atoms. The molecular weight excluding hydrogens is 248 g/mol. The Hall–Kier alpha value is -1.88. The van der Waals surface area contributed by atoms with Gasteiger partial charge in [-0.2, -0.15) is 0 Å². The van der Waals surface area contributed by atoms with Gasteiger partial charge in [0.2, 0.25) is 0 Å². The molecule has 0 saturated carbocycles. The summed E-state index contributed by atoms with van der Waals surface area (Å²) in [4.78, 5) is 15.4. The summed E-state index contributed by atoms with van der Waals surface area (Å²) in [5.41, 5.74) is 3.80. The number of carbonyl (C=O) groups is 1. The van der Waals surface area contributed by atoms with Crippen molar-refractivity contribution < 1.29 is 9.90 Å². The Bertz CT molecular complexity index is 605. The van der Waals surface area contributed by atoms with Gasteiger partial charge in [0.1, 0.15) is 4.88 Å². The predicted molar refractivity (Wildman–Crippen MR) is 73.0 cm³/mol. The Morgan fingerprint density at radius 3 is 2.61 bits per heavy atom. The molecular formula is C13H14N2O2S. The van der Waals surface area contributed by atoms with E-state index in [4.69, 9.17) is 5.11 Å². The lowest BCUT2D eigenvalue weighted by Crippen LogP contribution is -1.94. The average molecular weight is 262 g/mol. The Morgan fingerprint density at radius 1 is 1.33 bits per heavy atom. The molecule has 2 rings (SSSR count). The van der Waals surface area contributed by atoms with E-state index in [0.29, 0.717) is 10.8 Å². The minimum absolute atomic E-state index is 0.280. The average Bonchev–Trinajstić information content (AvgIpc) is 2.64. The Kier molecular flexibility index (Phi) is 3.34. The Morgan fingerprint density at radius 2 is 2.06 bits per heavy atom. The SMILES string of the molecule is Cc1ccc(Nc2nc(C)c(C(=O)O)s2)c(C)c1. The molecule has 0 amide bonds. The van der Waals surface area contributed by atoms with Crippen LogP contribution in [-0.4, -0.2) is 16.1 Å². The van der Waals surface area contributed by atoms with Crippen LogP contribution in [0.2, 0.25) is 0 Å². The lowest BCUT2D eigenvalue weighted by molar-refractivity contribution is 0.0701. The maximum absolute atomic E-state index is 10.9. The molecule has 0 aliphatic heterocycles. The number of thiazole rings is 1. The van der Waals surface area contributed by atoms with E-state index in [1.807, 2.05) is 26.0 Å². The van der Waals surface area contributed by atoms with Crippen LogP contribution in [0, 0.1) is 20.8 Å². The van der Waals surface area contributed by atoms with E-state index in [-0.39, 0.29) is 4.88 Å². The molecule has 0 fully saturated rings. The third kappa shape index (κ3) is 2.51. The number of carboxylic acid groups (broad SMARTS) is 1. The third-order valence-electron chi connectivity index (χ3n) is 2.61. The highest BCUT2D eigenvalue weighted by atomic mass is 32.1. The number of hydrogen-bond acceptors (Lipinski definition) is 4. The van der Waals surface area contributed by atoms with Crippen LogP contribution in [0.5, 0.6) is 0 Å². The lowest BCUT2D eigenvalue weighted by atomic mass is 10.1. The number of benzene rings is 1. The first-order chi connectivity index (χ1) is 8.47. The number of nitrogens with zero attached hydrogens (tertiary/aromatic N) is 1. The monoisotopic (exact) mass is 262 g/mol. The van der Waals surface area contributed by atoms with Crippen LogP contribution < -0.4 is 5.32 Å². The third-order valence-corrected chi connectivity index (χ3v) is 3.68. The largest absolute Gasteiger partial charge is 0.477 e. The molecule has 2 aromatic rings. The van der Waals surface area contributed by atoms with E-state index in [1.54, 1.807) is 6.92 Å². The topological polar surface area (TPSA) is 62.2 Å². The summed E-state index contributed by atoms with van der Waals surface area (Å²) in [6.45, 7) is 5.74. The van der Waals surface area contributed by atoms with Crippen molar-refractivity contribution in [1.29, 1.82) is 0 Å². The second kappa shape index (κ2) is 4.78. The molecule has 1 heterocycles. The highest BCUT2D eigenvalue weighted by Gasteiger charge is 2.14. The molecule has 1 aromatic carbocycles. The van der Waals surface area contributed by atoms with Gasteiger partial charge in [0.05, 0.1) is 5.69 Å². The van der Waals surface area contributed by atoms with E-state index in [2.05, 4.69) is 16.4 Å². The maximum Gasteiger partial charge on any atom is 0.347 e. The van der Waals surface area contributed by atoms with E-state index in [9.17, 15) is 4.79 Å². The zero-order valence-electron chi connectivity index (χ0n) is 10.4. The van der Waals surface area contributed by atoms with Gasteiger partial charge in [-0.1, -0.05) is 29.0 Å². The normalized spacial score (nSPS) is 10.4. The highest BCUT2D eigenvalue weighted by Crippen LogP contribution is 2.27. The molecule has 2 N–H and O–H groups in total. The predicted octanol–water partition coefficient (Wildman–Crippen LogP) is 3.51. The van der Waals surface area contributed by atoms with Crippen molar-refractivity contribution in [3.05, 3.63) is 39.9 Å². The lowest BCUT2D eigenvalue weighted by Gasteiger charge is -2.07. The van der Waals surface area contributed by atoms with Crippen molar-refractivity contribution in [3.63, 3.8) is 0 Å². The molecule has 0 aliphatic rings. The maximum atomic E-state index is 10.9. The molecule has 0 unspecified atom stereocenters. The minimum atomic E-state index is -0.932. The van der Waals surface area contributed by atoms with Gasteiger partial charge >= 0.3 is 5.97 Å². The number of nitrogens with one attached hydrogen (secondary N) is 1. The number of aromatic carboxylic acids is 1. The van der Waals surface area contributed by atoms with Gasteiger partial charge in [-0.3, -0.25) is 0 Å². The summed E-state index contributed by atoms with van der Waals surface area (Å²) in [5.74, 6) is -0.932. The van der Waals surface area contributed by atoms with Crippen molar-refractivity contribution >= 4 is 28.1 Å². The van der Waals surface area contributed by atoms with Crippen molar-refractivity contribution in [2.75, 3.05) is 5.32 Å². The number of aromatic nitrogens is 1. The standard InChI is InChI=1S/C13H14N2O2S/c1-7-4-5-10(8(2)6-7)15-13-14-9(3)11(18-13)12(16)17/h4-6H,1-3H3,(H,14,15)(H,16,17). The summed E-state index contributed by atoms with van der Waals surface area (Å²) in [6.07, 6.45) is 0. The quantitative estimate of drug-likeness (QED) is 0.888. The summed E-state index contributed by atoms with van der Waals surface area (Å²) in [7, 11) is 0. The van der Waals surface area contributed by atoms with E-state index < -0.39 is 5.97 Å². The van der Waals surface area contributed by atoms with E-state index in [1.165, 1.54) is 5.56 Å². The van der Waals surface area contributed by atoms with Crippen LogP contribution in [-0.2, 0) is 0 Å². The first-order valence-electron chi connectivity index (χ1n) is 5.52. The smallest absolute Gasteiger partial charge is 0.347 e. The van der Waals surface area contributed by atoms with Gasteiger partial charge in [0.25, 0.3) is 0 Å². The number of carboxylic acids is 1. The van der Waals surface area contributed by atoms with Gasteiger partial charge in [-0.25, -0.2) is 9.78 Å². The van der Waals surface area contributed by atoms with Crippen LogP contribution in [0.1, 0.15) is 26.5 Å². The van der Waals surface area contributed by atoms with Gasteiger partial charge < -0.3 is 10.4 Å². The number of rotatable bonds is 3. The first kappa shape index (κ1) is 12.6. The number of aryl methyl sites for hydroxylation is 3. The van der Waals surface area contributed by atoms with Crippen LogP contribution in [0.4, 0.5) is 10.8 Å². The summed E-state index contributed by atoms with van der Waals surface area (Å²) >= 11 is 1.15. The molecule has 18 heavy (non-hydrogen) atoms. The molecule has 5 heteroatoms. The Balaban J connectivity index is 2.29. The molecule has 94 valence electrons. The second-order valence-corrected chi connectivity index (χ2v) is 5.18. The van der Waals surface area contributed by atoms with Crippen LogP contribution >= 0.6 is 11.3 Å². The van der Waals surface area contributed by atoms with Gasteiger partial charge in [0, 0.05) is 5.69 Å². The fraction of sp³-hybridized carbons (Fsp3) is 0.231. The Labute approximate surface area is 109 Å². The van der Waals surface area contributed by atoms with Crippen molar-refractivity contribution in [2.24, 2.45) is 0 Å². The summed E-state index contributed by atoms with van der Waals surface area (Å²) in [6, 6.07) is 6.05. The summed E-state index contributed by atoms with van der Waals surface area (Å²) < 4.78 is 0. The zero-order valence-corrected chi connectivity index (χ0v) is 11.3. The van der Waals surface area contributed by atoms with Crippen molar-refractivity contribution in [1.82, 2.24) is 4.98 Å². The van der Waals surface area contributed by atoms with Crippen LogP contribution in [0.3, 0.4) is 0 Å². The fourth-order valence-electron chi connectivity index (χ4n) is 1.72. The second-order valence-electron chi connectivity index (χ2n) is 4.18. The molecule has 0 atom stereocenters. The van der Waals surface area contributed by atoms with Crippen molar-refractivity contribution in [2.45, 2.75) is 20.8 Å². The number of anilines is 2. The van der Waals surface area contributed by atoms with Gasteiger partial charge in [-0.05, 0) is 32.4 Å². The molecule has 0 saturated heterocycles. The molecule has 0 spiro atoms. The van der Waals surface area contributed by atoms with E-state index >= 15 is 0 Å². The summed E-state index contributed by atoms with van der Waals surface area (Å²) in [5, 5.41) is 12.7. The van der Waals surface area contributed by atoms with E-state index in [0.717, 1.165) is 22.6 Å². The highest BCUT2D eigenvalue weighted by molar-refractivity contribution is 7.17. The fourth-order valence-corrected chi connectivity index (χ4v) is 2.53. The first-order valence-corrected chi connectivity index (χ1v) is 6.34. The van der Waals surface area contributed by atoms with Gasteiger partial charge in [-0.15, -0.1) is 0 Å². The molecule has 1 aromatic heterocycles. The van der Waals surface area contributed by atoms with Gasteiger partial charge in [0.15, 0.2) is 5.13 Å². The molecule has 4 nitrogen and oxygen atoms in total.